The Hall–Kier alpha value is -2.22. The highest BCUT2D eigenvalue weighted by atomic mass is 16.5. The summed E-state index contributed by atoms with van der Waals surface area (Å²) in [5.74, 6) is 1.53. The number of carbonyl (C=O) groups excluding carboxylic acids is 1. The average molecular weight is 304 g/mol. The van der Waals surface area contributed by atoms with Gasteiger partial charge >= 0.3 is 0 Å². The number of H-pyrrole nitrogens is 1. The molecule has 0 radical (unpaired) electrons. The van der Waals surface area contributed by atoms with Crippen LogP contribution in [0, 0.1) is 0 Å². The Morgan fingerprint density at radius 2 is 2.41 bits per heavy atom. The second-order valence-corrected chi connectivity index (χ2v) is 5.39. The third-order valence-corrected chi connectivity index (χ3v) is 3.70. The summed E-state index contributed by atoms with van der Waals surface area (Å²) in [6, 6.07) is 0. The molecule has 1 N–H and O–H groups in total. The molecule has 3 rings (SSSR count). The van der Waals surface area contributed by atoms with E-state index in [0.717, 1.165) is 17.8 Å². The van der Waals surface area contributed by atoms with E-state index in [1.807, 2.05) is 25.1 Å². The third kappa shape index (κ3) is 3.16. The first-order chi connectivity index (χ1) is 10.7. The van der Waals surface area contributed by atoms with Gasteiger partial charge in [-0.1, -0.05) is 6.92 Å². The lowest BCUT2D eigenvalue weighted by atomic mass is 10.2. The quantitative estimate of drug-likeness (QED) is 0.874. The SMILES string of the molecule is CCc1nc(C2CN(C(=O)Cc3cnn(C)c3)CCO2)n[nH]1. The zero-order valence-corrected chi connectivity index (χ0v) is 12.8. The second-order valence-electron chi connectivity index (χ2n) is 5.39. The largest absolute Gasteiger partial charge is 0.366 e. The molecule has 0 saturated carbocycles. The number of aromatic amines is 1. The van der Waals surface area contributed by atoms with E-state index < -0.39 is 0 Å². The summed E-state index contributed by atoms with van der Waals surface area (Å²) >= 11 is 0. The number of nitrogens with one attached hydrogen (secondary N) is 1. The predicted octanol–water partition coefficient (Wildman–Crippen LogP) is 0.243. The van der Waals surface area contributed by atoms with E-state index in [2.05, 4.69) is 20.3 Å². The first-order valence-corrected chi connectivity index (χ1v) is 7.43. The van der Waals surface area contributed by atoms with Crippen molar-refractivity contribution in [3.8, 4) is 0 Å². The summed E-state index contributed by atoms with van der Waals surface area (Å²) in [4.78, 5) is 18.6. The van der Waals surface area contributed by atoms with E-state index in [-0.39, 0.29) is 12.0 Å². The highest BCUT2D eigenvalue weighted by Gasteiger charge is 2.28. The van der Waals surface area contributed by atoms with Crippen LogP contribution in [0.2, 0.25) is 0 Å². The lowest BCUT2D eigenvalue weighted by Gasteiger charge is -2.31. The average Bonchev–Trinajstić information content (AvgIpc) is 3.16. The second kappa shape index (κ2) is 6.27. The maximum absolute atomic E-state index is 12.4. The van der Waals surface area contributed by atoms with Crippen LogP contribution in [0.15, 0.2) is 12.4 Å². The number of morpholine rings is 1. The smallest absolute Gasteiger partial charge is 0.227 e. The van der Waals surface area contributed by atoms with Gasteiger partial charge in [-0.15, -0.1) is 0 Å². The van der Waals surface area contributed by atoms with E-state index in [9.17, 15) is 4.79 Å². The van der Waals surface area contributed by atoms with Gasteiger partial charge in [-0.3, -0.25) is 14.6 Å². The van der Waals surface area contributed by atoms with Crippen LogP contribution in [0.1, 0.15) is 30.2 Å². The standard InChI is InChI=1S/C14H20N6O2/c1-3-12-16-14(18-17-12)11-9-20(4-5-22-11)13(21)6-10-7-15-19(2)8-10/h7-8,11H,3-6,9H2,1-2H3,(H,16,17,18). The van der Waals surface area contributed by atoms with Crippen molar-refractivity contribution in [2.24, 2.45) is 7.05 Å². The van der Waals surface area contributed by atoms with Gasteiger partial charge in [-0.05, 0) is 5.56 Å². The predicted molar refractivity (Wildman–Crippen MR) is 77.9 cm³/mol. The number of aryl methyl sites for hydroxylation is 2. The van der Waals surface area contributed by atoms with Crippen molar-refractivity contribution in [3.05, 3.63) is 29.6 Å². The van der Waals surface area contributed by atoms with Crippen molar-refractivity contribution < 1.29 is 9.53 Å². The molecule has 22 heavy (non-hydrogen) atoms. The monoisotopic (exact) mass is 304 g/mol. The molecule has 3 heterocycles. The minimum Gasteiger partial charge on any atom is -0.366 e. The molecule has 8 nitrogen and oxygen atoms in total. The maximum atomic E-state index is 12.4. The Bertz CT molecular complexity index is 649. The number of nitrogens with zero attached hydrogens (tertiary/aromatic N) is 5. The van der Waals surface area contributed by atoms with Gasteiger partial charge in [0.25, 0.3) is 0 Å². The van der Waals surface area contributed by atoms with Crippen molar-refractivity contribution in [2.75, 3.05) is 19.7 Å². The number of hydrogen-bond donors (Lipinski definition) is 1. The van der Waals surface area contributed by atoms with Crippen LogP contribution in [0.5, 0.6) is 0 Å². The molecule has 1 aliphatic heterocycles. The lowest BCUT2D eigenvalue weighted by molar-refractivity contribution is -0.138. The van der Waals surface area contributed by atoms with Crippen LogP contribution >= 0.6 is 0 Å². The van der Waals surface area contributed by atoms with Gasteiger partial charge in [0.15, 0.2) is 5.82 Å². The molecular formula is C14H20N6O2. The molecule has 2 aromatic heterocycles. The van der Waals surface area contributed by atoms with Gasteiger partial charge in [0.2, 0.25) is 5.91 Å². The van der Waals surface area contributed by atoms with Gasteiger partial charge in [0.05, 0.1) is 25.8 Å². The fourth-order valence-corrected chi connectivity index (χ4v) is 2.49. The minimum absolute atomic E-state index is 0.0764. The normalized spacial score (nSPS) is 18.6. The van der Waals surface area contributed by atoms with Gasteiger partial charge < -0.3 is 9.64 Å². The Morgan fingerprint density at radius 1 is 1.55 bits per heavy atom. The van der Waals surface area contributed by atoms with Crippen LogP contribution in [-0.2, 0) is 29.4 Å². The molecule has 0 bridgehead atoms. The molecule has 118 valence electrons. The molecule has 1 fully saturated rings. The van der Waals surface area contributed by atoms with E-state index in [4.69, 9.17) is 4.74 Å². The van der Waals surface area contributed by atoms with Gasteiger partial charge in [-0.2, -0.15) is 10.2 Å². The zero-order chi connectivity index (χ0) is 15.5. The maximum Gasteiger partial charge on any atom is 0.227 e. The van der Waals surface area contributed by atoms with Crippen LogP contribution < -0.4 is 0 Å². The summed E-state index contributed by atoms with van der Waals surface area (Å²) in [6.45, 7) is 3.59. The number of carbonyl (C=O) groups is 1. The Morgan fingerprint density at radius 3 is 3.09 bits per heavy atom. The summed E-state index contributed by atoms with van der Waals surface area (Å²) in [5, 5.41) is 11.1. The van der Waals surface area contributed by atoms with E-state index >= 15 is 0 Å². The number of rotatable bonds is 4. The van der Waals surface area contributed by atoms with E-state index in [1.54, 1.807) is 10.9 Å². The number of ether oxygens (including phenoxy) is 1. The Labute approximate surface area is 128 Å². The molecule has 0 aliphatic carbocycles. The topological polar surface area (TPSA) is 88.9 Å². The molecule has 1 amide bonds. The van der Waals surface area contributed by atoms with Crippen molar-refractivity contribution in [3.63, 3.8) is 0 Å². The summed E-state index contributed by atoms with van der Waals surface area (Å²) < 4.78 is 7.40. The van der Waals surface area contributed by atoms with Crippen LogP contribution in [0.3, 0.4) is 0 Å². The molecule has 8 heteroatoms. The molecule has 1 aliphatic rings. The van der Waals surface area contributed by atoms with Crippen molar-refractivity contribution >= 4 is 5.91 Å². The van der Waals surface area contributed by atoms with E-state index in [1.165, 1.54) is 0 Å². The molecule has 1 saturated heterocycles. The number of amides is 1. The van der Waals surface area contributed by atoms with Gasteiger partial charge in [0.1, 0.15) is 11.9 Å². The number of aromatic nitrogens is 5. The van der Waals surface area contributed by atoms with Gasteiger partial charge in [0, 0.05) is 26.2 Å². The molecule has 1 unspecified atom stereocenters. The summed E-state index contributed by atoms with van der Waals surface area (Å²) in [7, 11) is 1.84. The Kier molecular flexibility index (Phi) is 4.19. The van der Waals surface area contributed by atoms with Crippen LogP contribution in [-0.4, -0.2) is 55.5 Å². The van der Waals surface area contributed by atoms with Crippen molar-refractivity contribution in [1.29, 1.82) is 0 Å². The highest BCUT2D eigenvalue weighted by molar-refractivity contribution is 5.78. The van der Waals surface area contributed by atoms with Crippen LogP contribution in [0.4, 0.5) is 0 Å². The van der Waals surface area contributed by atoms with Crippen molar-refractivity contribution in [1.82, 2.24) is 29.9 Å². The molecule has 0 spiro atoms. The Balaban J connectivity index is 1.63. The summed E-state index contributed by atoms with van der Waals surface area (Å²) in [5.41, 5.74) is 0.918. The van der Waals surface area contributed by atoms with Gasteiger partial charge in [-0.25, -0.2) is 4.98 Å². The van der Waals surface area contributed by atoms with E-state index in [0.29, 0.717) is 31.9 Å². The zero-order valence-electron chi connectivity index (χ0n) is 12.8. The van der Waals surface area contributed by atoms with Crippen molar-refractivity contribution in [2.45, 2.75) is 25.9 Å². The first-order valence-electron chi connectivity index (χ1n) is 7.43. The molecular weight excluding hydrogens is 284 g/mol. The lowest BCUT2D eigenvalue weighted by Crippen LogP contribution is -2.43. The molecule has 0 aromatic carbocycles. The third-order valence-electron chi connectivity index (χ3n) is 3.70. The minimum atomic E-state index is -0.261. The fraction of sp³-hybridized carbons (Fsp3) is 0.571. The highest BCUT2D eigenvalue weighted by Crippen LogP contribution is 2.19. The van der Waals surface area contributed by atoms with Crippen LogP contribution in [0.25, 0.3) is 0 Å². The summed E-state index contributed by atoms with van der Waals surface area (Å²) in [6.07, 6.45) is 4.47. The number of hydrogen-bond acceptors (Lipinski definition) is 5. The molecule has 1 atom stereocenters. The fourth-order valence-electron chi connectivity index (χ4n) is 2.49. The first kappa shape index (κ1) is 14.7. The molecule has 2 aromatic rings.